The van der Waals surface area contributed by atoms with Crippen LogP contribution in [0.5, 0.6) is 0 Å². The molecule has 124 valence electrons. The Hall–Kier alpha value is -2.18. The summed E-state index contributed by atoms with van der Waals surface area (Å²) in [6.07, 6.45) is 6.65. The predicted octanol–water partition coefficient (Wildman–Crippen LogP) is 2.50. The van der Waals surface area contributed by atoms with E-state index in [1.165, 1.54) is 0 Å². The van der Waals surface area contributed by atoms with Gasteiger partial charge in [0.25, 0.3) is 0 Å². The molecule has 1 saturated heterocycles. The summed E-state index contributed by atoms with van der Waals surface area (Å²) in [4.78, 5) is 29.3. The second-order valence-electron chi connectivity index (χ2n) is 6.48. The molecule has 0 bridgehead atoms. The van der Waals surface area contributed by atoms with Crippen molar-refractivity contribution >= 4 is 17.4 Å². The zero-order valence-corrected chi connectivity index (χ0v) is 13.3. The van der Waals surface area contributed by atoms with E-state index >= 15 is 0 Å². The van der Waals surface area contributed by atoms with Gasteiger partial charge >= 0.3 is 5.69 Å². The van der Waals surface area contributed by atoms with Crippen molar-refractivity contribution in [3.05, 3.63) is 27.9 Å². The van der Waals surface area contributed by atoms with Crippen LogP contribution in [-0.4, -0.2) is 39.8 Å². The van der Waals surface area contributed by atoms with Crippen LogP contribution in [0.4, 0.5) is 11.5 Å². The van der Waals surface area contributed by atoms with Crippen LogP contribution in [0.25, 0.3) is 0 Å². The highest BCUT2D eigenvalue weighted by Gasteiger charge is 2.33. The van der Waals surface area contributed by atoms with E-state index in [0.29, 0.717) is 24.5 Å². The lowest BCUT2D eigenvalue weighted by atomic mass is 10.1. The highest BCUT2D eigenvalue weighted by Crippen LogP contribution is 2.30. The summed E-state index contributed by atoms with van der Waals surface area (Å²) in [6, 6.07) is 1.65. The molecular weight excluding hydrogens is 296 g/mol. The number of nitrogens with zero attached hydrogens (tertiary/aromatic N) is 3. The standard InChI is InChI=1S/C16H22N4O3/c1-11-6-8-17-15(14(11)20(22)23)18-13-7-9-19(10-13)16(21)12-4-2-3-5-12/h6,8,12-13H,2-5,7,9-10H2,1H3,(H,17,18). The van der Waals surface area contributed by atoms with Gasteiger partial charge in [0.15, 0.2) is 0 Å². The molecule has 1 atom stereocenters. The third-order valence-electron chi connectivity index (χ3n) is 4.85. The van der Waals surface area contributed by atoms with Gasteiger partial charge in [0.1, 0.15) is 0 Å². The number of nitrogens with one attached hydrogen (secondary N) is 1. The Morgan fingerprint density at radius 3 is 2.83 bits per heavy atom. The lowest BCUT2D eigenvalue weighted by Crippen LogP contribution is -2.35. The molecule has 1 unspecified atom stereocenters. The van der Waals surface area contributed by atoms with Gasteiger partial charge < -0.3 is 10.2 Å². The third-order valence-corrected chi connectivity index (χ3v) is 4.85. The van der Waals surface area contributed by atoms with E-state index in [0.717, 1.165) is 32.1 Å². The van der Waals surface area contributed by atoms with E-state index in [4.69, 9.17) is 0 Å². The van der Waals surface area contributed by atoms with Gasteiger partial charge in [-0.3, -0.25) is 14.9 Å². The average molecular weight is 318 g/mol. The van der Waals surface area contributed by atoms with Gasteiger partial charge in [-0.05, 0) is 32.3 Å². The van der Waals surface area contributed by atoms with Gasteiger partial charge in [-0.1, -0.05) is 12.8 Å². The SMILES string of the molecule is Cc1ccnc(NC2CCN(C(=O)C3CCCC3)C2)c1[N+](=O)[O-]. The van der Waals surface area contributed by atoms with Crippen molar-refractivity contribution in [1.29, 1.82) is 0 Å². The Labute approximate surface area is 135 Å². The highest BCUT2D eigenvalue weighted by molar-refractivity contribution is 5.79. The lowest BCUT2D eigenvalue weighted by molar-refractivity contribution is -0.384. The van der Waals surface area contributed by atoms with E-state index in [9.17, 15) is 14.9 Å². The first-order valence-electron chi connectivity index (χ1n) is 8.21. The number of amides is 1. The minimum Gasteiger partial charge on any atom is -0.360 e. The Balaban J connectivity index is 1.65. The van der Waals surface area contributed by atoms with Crippen LogP contribution < -0.4 is 5.32 Å². The fourth-order valence-corrected chi connectivity index (χ4v) is 3.59. The molecule has 1 aliphatic heterocycles. The second kappa shape index (κ2) is 6.52. The summed E-state index contributed by atoms with van der Waals surface area (Å²) < 4.78 is 0. The number of carbonyl (C=O) groups is 1. The normalized spacial score (nSPS) is 21.6. The molecule has 23 heavy (non-hydrogen) atoms. The maximum absolute atomic E-state index is 12.4. The van der Waals surface area contributed by atoms with Crippen molar-refractivity contribution in [2.45, 2.75) is 45.1 Å². The molecule has 2 heterocycles. The molecule has 1 aromatic heterocycles. The van der Waals surface area contributed by atoms with E-state index in [2.05, 4.69) is 10.3 Å². The number of aryl methyl sites for hydroxylation is 1. The van der Waals surface area contributed by atoms with Crippen LogP contribution in [0.15, 0.2) is 12.3 Å². The molecule has 1 amide bonds. The summed E-state index contributed by atoms with van der Waals surface area (Å²) in [5.41, 5.74) is 0.609. The Morgan fingerprint density at radius 1 is 1.39 bits per heavy atom. The molecule has 7 nitrogen and oxygen atoms in total. The van der Waals surface area contributed by atoms with Crippen molar-refractivity contribution < 1.29 is 9.72 Å². The minimum absolute atomic E-state index is 0.0214. The smallest absolute Gasteiger partial charge is 0.314 e. The van der Waals surface area contributed by atoms with Crippen molar-refractivity contribution in [2.24, 2.45) is 5.92 Å². The van der Waals surface area contributed by atoms with Crippen molar-refractivity contribution in [2.75, 3.05) is 18.4 Å². The van der Waals surface area contributed by atoms with E-state index < -0.39 is 4.92 Å². The van der Waals surface area contributed by atoms with E-state index in [-0.39, 0.29) is 23.6 Å². The van der Waals surface area contributed by atoms with Gasteiger partial charge in [-0.15, -0.1) is 0 Å². The van der Waals surface area contributed by atoms with E-state index in [1.807, 2.05) is 4.90 Å². The second-order valence-corrected chi connectivity index (χ2v) is 6.48. The molecule has 1 saturated carbocycles. The van der Waals surface area contributed by atoms with Crippen molar-refractivity contribution in [3.8, 4) is 0 Å². The minimum atomic E-state index is -0.402. The molecule has 0 spiro atoms. The summed E-state index contributed by atoms with van der Waals surface area (Å²) in [5.74, 6) is 0.730. The quantitative estimate of drug-likeness (QED) is 0.680. The van der Waals surface area contributed by atoms with Crippen molar-refractivity contribution in [3.63, 3.8) is 0 Å². The van der Waals surface area contributed by atoms with Crippen molar-refractivity contribution in [1.82, 2.24) is 9.88 Å². The zero-order valence-electron chi connectivity index (χ0n) is 13.3. The van der Waals surface area contributed by atoms with Gasteiger partial charge in [-0.25, -0.2) is 4.98 Å². The molecule has 0 aromatic carbocycles. The number of aromatic nitrogens is 1. The topological polar surface area (TPSA) is 88.4 Å². The zero-order chi connectivity index (χ0) is 16.4. The number of likely N-dealkylation sites (tertiary alicyclic amines) is 1. The number of nitro groups is 1. The summed E-state index contributed by atoms with van der Waals surface area (Å²) in [6.45, 7) is 3.02. The average Bonchev–Trinajstić information content (AvgIpc) is 3.17. The van der Waals surface area contributed by atoms with Gasteiger partial charge in [0.05, 0.1) is 4.92 Å². The number of hydrogen-bond donors (Lipinski definition) is 1. The fraction of sp³-hybridized carbons (Fsp3) is 0.625. The Kier molecular flexibility index (Phi) is 4.45. The summed E-state index contributed by atoms with van der Waals surface area (Å²) in [7, 11) is 0. The van der Waals surface area contributed by atoms with Crippen LogP contribution in [0.2, 0.25) is 0 Å². The fourth-order valence-electron chi connectivity index (χ4n) is 3.59. The first kappa shape index (κ1) is 15.7. The first-order chi connectivity index (χ1) is 11.1. The monoisotopic (exact) mass is 318 g/mol. The summed E-state index contributed by atoms with van der Waals surface area (Å²) in [5, 5.41) is 14.4. The van der Waals surface area contributed by atoms with Crippen LogP contribution >= 0.6 is 0 Å². The number of carbonyl (C=O) groups excluding carboxylic acids is 1. The third kappa shape index (κ3) is 3.28. The van der Waals surface area contributed by atoms with Crippen LogP contribution in [0.3, 0.4) is 0 Å². The molecule has 2 aliphatic rings. The number of pyridine rings is 1. The number of anilines is 1. The highest BCUT2D eigenvalue weighted by atomic mass is 16.6. The molecule has 7 heteroatoms. The predicted molar refractivity (Wildman–Crippen MR) is 86.2 cm³/mol. The summed E-state index contributed by atoms with van der Waals surface area (Å²) >= 11 is 0. The Morgan fingerprint density at radius 2 is 2.13 bits per heavy atom. The molecule has 1 aromatic rings. The number of hydrogen-bond acceptors (Lipinski definition) is 5. The first-order valence-corrected chi connectivity index (χ1v) is 8.21. The maximum atomic E-state index is 12.4. The molecule has 0 radical (unpaired) electrons. The maximum Gasteiger partial charge on any atom is 0.314 e. The van der Waals surface area contributed by atoms with Gasteiger partial charge in [0.2, 0.25) is 11.7 Å². The molecule has 1 N–H and O–H groups in total. The van der Waals surface area contributed by atoms with Crippen LogP contribution in [-0.2, 0) is 4.79 Å². The van der Waals surface area contributed by atoms with Gasteiger partial charge in [-0.2, -0.15) is 0 Å². The lowest BCUT2D eigenvalue weighted by Gasteiger charge is -2.20. The molecule has 2 fully saturated rings. The van der Waals surface area contributed by atoms with Crippen LogP contribution in [0, 0.1) is 23.0 Å². The Bertz CT molecular complexity index is 613. The molecular formula is C16H22N4O3. The van der Waals surface area contributed by atoms with Crippen LogP contribution in [0.1, 0.15) is 37.7 Å². The molecule has 3 rings (SSSR count). The largest absolute Gasteiger partial charge is 0.360 e. The van der Waals surface area contributed by atoms with Gasteiger partial charge in [0, 0.05) is 36.8 Å². The number of rotatable bonds is 4. The molecule has 1 aliphatic carbocycles. The van der Waals surface area contributed by atoms with E-state index in [1.54, 1.807) is 19.2 Å².